The Morgan fingerprint density at radius 2 is 2.12 bits per heavy atom. The first-order valence-corrected chi connectivity index (χ1v) is 9.14. The molecule has 0 saturated carbocycles. The molecule has 0 saturated heterocycles. The van der Waals surface area contributed by atoms with Crippen LogP contribution >= 0.6 is 0 Å². The molecule has 1 aromatic carbocycles. The summed E-state index contributed by atoms with van der Waals surface area (Å²) in [6.45, 7) is 1.98. The second-order valence-electron chi connectivity index (χ2n) is 6.93. The van der Waals surface area contributed by atoms with E-state index in [1.165, 1.54) is 33.4 Å². The summed E-state index contributed by atoms with van der Waals surface area (Å²) < 4.78 is 0. The van der Waals surface area contributed by atoms with Crippen LogP contribution in [-0.2, 0) is 11.2 Å². The van der Waals surface area contributed by atoms with E-state index in [2.05, 4.69) is 35.6 Å². The Labute approximate surface area is 154 Å². The highest BCUT2D eigenvalue weighted by Gasteiger charge is 2.19. The number of nitrogens with zero attached hydrogens (tertiary/aromatic N) is 2. The van der Waals surface area contributed by atoms with Crippen molar-refractivity contribution in [2.24, 2.45) is 0 Å². The van der Waals surface area contributed by atoms with Crippen molar-refractivity contribution < 1.29 is 9.90 Å². The molecule has 0 aromatic heterocycles. The predicted octanol–water partition coefficient (Wildman–Crippen LogP) is 3.59. The second-order valence-corrected chi connectivity index (χ2v) is 6.93. The van der Waals surface area contributed by atoms with Gasteiger partial charge in [-0.2, -0.15) is 0 Å². The van der Waals surface area contributed by atoms with Gasteiger partial charge in [0.15, 0.2) is 0 Å². The number of aryl methyl sites for hydroxylation is 1. The van der Waals surface area contributed by atoms with E-state index in [1.807, 2.05) is 0 Å². The number of aliphatic hydroxyl groups excluding tert-OH is 1. The van der Waals surface area contributed by atoms with Crippen LogP contribution in [0, 0.1) is 6.42 Å². The zero-order valence-electron chi connectivity index (χ0n) is 14.8. The Morgan fingerprint density at radius 1 is 1.19 bits per heavy atom. The van der Waals surface area contributed by atoms with Crippen molar-refractivity contribution in [3.05, 3.63) is 83.8 Å². The van der Waals surface area contributed by atoms with Crippen LogP contribution in [0.1, 0.15) is 29.5 Å². The summed E-state index contributed by atoms with van der Waals surface area (Å²) in [7, 11) is 0. The van der Waals surface area contributed by atoms with Crippen LogP contribution in [-0.4, -0.2) is 40.4 Å². The first-order chi connectivity index (χ1) is 12.7. The Morgan fingerprint density at radius 3 is 2.96 bits per heavy atom. The number of fused-ring (bicyclic) bond motifs is 1. The number of carbonyl (C=O) groups is 1. The Balaban J connectivity index is 1.38. The normalized spacial score (nSPS) is 19.8. The molecule has 4 heteroatoms. The Bertz CT molecular complexity index is 833. The number of hydrogen-bond donors (Lipinski definition) is 1. The third kappa shape index (κ3) is 3.65. The molecule has 0 atom stereocenters. The molecular weight excluding hydrogens is 324 g/mol. The average Bonchev–Trinajstić information content (AvgIpc) is 3.01. The molecule has 0 unspecified atom stereocenters. The largest absolute Gasteiger partial charge is 0.506 e. The molecule has 1 aliphatic carbocycles. The summed E-state index contributed by atoms with van der Waals surface area (Å²) in [6.07, 6.45) is 16.0. The molecule has 0 fully saturated rings. The van der Waals surface area contributed by atoms with Crippen molar-refractivity contribution >= 4 is 11.5 Å². The molecule has 1 amide bonds. The Kier molecular flexibility index (Phi) is 4.76. The average molecular weight is 347 g/mol. The van der Waals surface area contributed by atoms with E-state index >= 15 is 0 Å². The third-order valence-corrected chi connectivity index (χ3v) is 5.13. The summed E-state index contributed by atoms with van der Waals surface area (Å²) in [5.41, 5.74) is 5.51. The molecule has 1 aromatic rings. The molecule has 1 radical (unpaired) electrons. The summed E-state index contributed by atoms with van der Waals surface area (Å²) in [5.74, 6) is 0.0399. The van der Waals surface area contributed by atoms with Gasteiger partial charge in [-0.15, -0.1) is 0 Å². The summed E-state index contributed by atoms with van der Waals surface area (Å²) >= 11 is 0. The smallest absolute Gasteiger partial charge is 0.244 e. The fourth-order valence-corrected chi connectivity index (χ4v) is 3.67. The lowest BCUT2D eigenvalue weighted by atomic mass is 9.96. The lowest BCUT2D eigenvalue weighted by molar-refractivity contribution is -0.127. The van der Waals surface area contributed by atoms with Gasteiger partial charge in [0.05, 0.1) is 12.7 Å². The number of aliphatic hydroxyl groups is 1. The maximum Gasteiger partial charge on any atom is 0.244 e. The van der Waals surface area contributed by atoms with Crippen LogP contribution in [0.25, 0.3) is 5.57 Å². The van der Waals surface area contributed by atoms with E-state index in [0.29, 0.717) is 6.54 Å². The van der Waals surface area contributed by atoms with Gasteiger partial charge in [0, 0.05) is 19.3 Å². The topological polar surface area (TPSA) is 43.8 Å². The minimum Gasteiger partial charge on any atom is -0.506 e. The molecular formula is C22H23N2O2. The molecule has 26 heavy (non-hydrogen) atoms. The maximum absolute atomic E-state index is 12.5. The SMILES string of the molecule is O=C(CN1CC=C(c2ccc3c(c2)[CH]CC3)CC1)N1C=CC=CC(O)=C1. The molecule has 0 bridgehead atoms. The van der Waals surface area contributed by atoms with Gasteiger partial charge < -0.3 is 5.11 Å². The van der Waals surface area contributed by atoms with Crippen LogP contribution in [0.15, 0.2) is 60.7 Å². The van der Waals surface area contributed by atoms with E-state index in [-0.39, 0.29) is 11.7 Å². The van der Waals surface area contributed by atoms with Crippen molar-refractivity contribution in [3.63, 3.8) is 0 Å². The van der Waals surface area contributed by atoms with Crippen molar-refractivity contribution in [2.75, 3.05) is 19.6 Å². The fraction of sp³-hybridized carbons (Fsp3) is 0.273. The minimum atomic E-state index is -0.0412. The van der Waals surface area contributed by atoms with Crippen molar-refractivity contribution in [2.45, 2.75) is 19.3 Å². The van der Waals surface area contributed by atoms with Gasteiger partial charge in [-0.3, -0.25) is 14.6 Å². The van der Waals surface area contributed by atoms with Crippen LogP contribution in [0.3, 0.4) is 0 Å². The van der Waals surface area contributed by atoms with Gasteiger partial charge >= 0.3 is 0 Å². The van der Waals surface area contributed by atoms with Gasteiger partial charge in [-0.05, 0) is 60.1 Å². The number of allylic oxidation sites excluding steroid dienone is 3. The second kappa shape index (κ2) is 7.34. The summed E-state index contributed by atoms with van der Waals surface area (Å²) in [5, 5.41) is 9.66. The van der Waals surface area contributed by atoms with Crippen molar-refractivity contribution in [1.82, 2.24) is 9.80 Å². The summed E-state index contributed by atoms with van der Waals surface area (Å²) in [6, 6.07) is 6.79. The van der Waals surface area contributed by atoms with E-state index in [1.54, 1.807) is 24.4 Å². The molecule has 3 aliphatic rings. The fourth-order valence-electron chi connectivity index (χ4n) is 3.67. The lowest BCUT2D eigenvalue weighted by Gasteiger charge is -2.27. The van der Waals surface area contributed by atoms with Crippen molar-refractivity contribution in [3.8, 4) is 0 Å². The van der Waals surface area contributed by atoms with Crippen LogP contribution in [0.4, 0.5) is 0 Å². The minimum absolute atomic E-state index is 0.0412. The van der Waals surface area contributed by atoms with Gasteiger partial charge in [-0.1, -0.05) is 30.4 Å². The molecule has 4 rings (SSSR count). The van der Waals surface area contributed by atoms with Gasteiger partial charge in [-0.25, -0.2) is 0 Å². The zero-order valence-corrected chi connectivity index (χ0v) is 14.8. The highest BCUT2D eigenvalue weighted by molar-refractivity contribution is 5.81. The number of carbonyl (C=O) groups excluding carboxylic acids is 1. The van der Waals surface area contributed by atoms with Gasteiger partial charge in [0.2, 0.25) is 5.91 Å². The highest BCUT2D eigenvalue weighted by Crippen LogP contribution is 2.29. The predicted molar refractivity (Wildman–Crippen MR) is 103 cm³/mol. The van der Waals surface area contributed by atoms with Gasteiger partial charge in [0.25, 0.3) is 0 Å². The molecule has 2 heterocycles. The lowest BCUT2D eigenvalue weighted by Crippen LogP contribution is -2.38. The number of amides is 1. The monoisotopic (exact) mass is 347 g/mol. The van der Waals surface area contributed by atoms with E-state index in [4.69, 9.17) is 0 Å². The molecule has 133 valence electrons. The number of benzene rings is 1. The third-order valence-electron chi connectivity index (χ3n) is 5.13. The molecule has 2 aliphatic heterocycles. The van der Waals surface area contributed by atoms with Gasteiger partial charge in [0.1, 0.15) is 5.76 Å². The molecule has 0 spiro atoms. The van der Waals surface area contributed by atoms with Crippen molar-refractivity contribution in [1.29, 1.82) is 0 Å². The van der Waals surface area contributed by atoms with E-state index < -0.39 is 0 Å². The standard InChI is InChI=1S/C22H23N2O2/c25-21-6-1-2-11-24(15-21)22(26)16-23-12-9-18(10-13-23)20-8-7-17-4-3-5-19(17)14-20/h1-2,5-9,11,14-15,25H,3-4,10,12-13,16H2. The first-order valence-electron chi connectivity index (χ1n) is 9.14. The summed E-state index contributed by atoms with van der Waals surface area (Å²) in [4.78, 5) is 16.1. The number of rotatable bonds is 3. The maximum atomic E-state index is 12.5. The number of hydrogen-bond acceptors (Lipinski definition) is 3. The van der Waals surface area contributed by atoms with Crippen LogP contribution < -0.4 is 0 Å². The zero-order chi connectivity index (χ0) is 17.9. The van der Waals surface area contributed by atoms with Crippen LogP contribution in [0.2, 0.25) is 0 Å². The highest BCUT2D eigenvalue weighted by atomic mass is 16.3. The first kappa shape index (κ1) is 16.9. The van der Waals surface area contributed by atoms with Crippen LogP contribution in [0.5, 0.6) is 0 Å². The Hall–Kier alpha value is -2.59. The molecule has 4 nitrogen and oxygen atoms in total. The quantitative estimate of drug-likeness (QED) is 0.909. The van der Waals surface area contributed by atoms with E-state index in [9.17, 15) is 9.90 Å². The van der Waals surface area contributed by atoms with E-state index in [0.717, 1.165) is 32.4 Å². The molecule has 1 N–H and O–H groups in total.